The minimum absolute atomic E-state index is 0.0234. The zero-order chi connectivity index (χ0) is 11.0. The molecule has 0 aromatic heterocycles. The molecule has 0 fully saturated rings. The number of nitrogens with one attached hydrogen (secondary N) is 1. The Bertz CT molecular complexity index is 193. The first kappa shape index (κ1) is 12.9. The molecular weight excluding hydrogens is 186 g/mol. The Hall–Kier alpha value is -1.10. The number of carboxylic acid groups (broad SMARTS) is 1. The van der Waals surface area contributed by atoms with E-state index in [4.69, 9.17) is 9.84 Å². The van der Waals surface area contributed by atoms with Crippen LogP contribution < -0.4 is 5.32 Å². The fourth-order valence-electron chi connectivity index (χ4n) is 0.983. The van der Waals surface area contributed by atoms with E-state index in [0.717, 1.165) is 6.42 Å². The van der Waals surface area contributed by atoms with Crippen molar-refractivity contribution >= 4 is 11.9 Å². The number of rotatable bonds is 7. The normalized spacial score (nSPS) is 12.1. The van der Waals surface area contributed by atoms with Crippen molar-refractivity contribution in [2.24, 2.45) is 0 Å². The number of carboxylic acids is 1. The van der Waals surface area contributed by atoms with Crippen LogP contribution in [0.3, 0.4) is 0 Å². The molecule has 2 N–H and O–H groups in total. The van der Waals surface area contributed by atoms with Gasteiger partial charge in [-0.15, -0.1) is 0 Å². The lowest BCUT2D eigenvalue weighted by atomic mass is 10.2. The minimum atomic E-state index is -0.958. The van der Waals surface area contributed by atoms with E-state index in [1.807, 2.05) is 6.92 Å². The van der Waals surface area contributed by atoms with Gasteiger partial charge in [0.15, 0.2) is 0 Å². The molecule has 0 saturated heterocycles. The summed E-state index contributed by atoms with van der Waals surface area (Å²) >= 11 is 0. The van der Waals surface area contributed by atoms with Gasteiger partial charge in [0, 0.05) is 13.5 Å². The highest BCUT2D eigenvalue weighted by Gasteiger charge is 2.10. The molecule has 5 nitrogen and oxygen atoms in total. The fourth-order valence-corrected chi connectivity index (χ4v) is 0.983. The Kier molecular flexibility index (Phi) is 6.74. The van der Waals surface area contributed by atoms with Crippen molar-refractivity contribution in [3.05, 3.63) is 0 Å². The van der Waals surface area contributed by atoms with Crippen LogP contribution in [0.4, 0.5) is 0 Å². The smallest absolute Gasteiger partial charge is 0.303 e. The lowest BCUT2D eigenvalue weighted by Crippen LogP contribution is -2.37. The number of methoxy groups -OCH3 is 1. The van der Waals surface area contributed by atoms with Crippen LogP contribution in [0, 0.1) is 0 Å². The maximum absolute atomic E-state index is 11.2. The summed E-state index contributed by atoms with van der Waals surface area (Å²) in [4.78, 5) is 21.3. The van der Waals surface area contributed by atoms with E-state index >= 15 is 0 Å². The second-order valence-electron chi connectivity index (χ2n) is 3.02. The lowest BCUT2D eigenvalue weighted by molar-refractivity contribution is -0.139. The topological polar surface area (TPSA) is 75.6 Å². The molecule has 0 aliphatic rings. The molecule has 0 aliphatic carbocycles. The van der Waals surface area contributed by atoms with Crippen molar-refractivity contribution < 1.29 is 19.4 Å². The van der Waals surface area contributed by atoms with Crippen LogP contribution in [0.2, 0.25) is 0 Å². The average molecular weight is 203 g/mol. The molecule has 0 spiro atoms. The monoisotopic (exact) mass is 203 g/mol. The van der Waals surface area contributed by atoms with Crippen molar-refractivity contribution in [2.75, 3.05) is 13.7 Å². The second kappa shape index (κ2) is 7.32. The van der Waals surface area contributed by atoms with Gasteiger partial charge in [-0.25, -0.2) is 0 Å². The molecule has 82 valence electrons. The van der Waals surface area contributed by atoms with Crippen LogP contribution in [-0.2, 0) is 14.3 Å². The summed E-state index contributed by atoms with van der Waals surface area (Å²) in [6, 6.07) is -0.0266. The van der Waals surface area contributed by atoms with Gasteiger partial charge in [0.1, 0.15) is 0 Å². The molecule has 0 radical (unpaired) electrons. The zero-order valence-electron chi connectivity index (χ0n) is 8.58. The van der Waals surface area contributed by atoms with Crippen LogP contribution in [0.15, 0.2) is 0 Å². The van der Waals surface area contributed by atoms with E-state index < -0.39 is 5.97 Å². The Morgan fingerprint density at radius 1 is 1.43 bits per heavy atom. The maximum Gasteiger partial charge on any atom is 0.303 e. The van der Waals surface area contributed by atoms with Gasteiger partial charge in [0.25, 0.3) is 0 Å². The van der Waals surface area contributed by atoms with Gasteiger partial charge in [-0.05, 0) is 6.42 Å². The van der Waals surface area contributed by atoms with E-state index in [1.54, 1.807) is 7.11 Å². The summed E-state index contributed by atoms with van der Waals surface area (Å²) in [5.41, 5.74) is 0. The number of hydrogen-bond donors (Lipinski definition) is 2. The largest absolute Gasteiger partial charge is 0.481 e. The van der Waals surface area contributed by atoms with Crippen LogP contribution >= 0.6 is 0 Å². The summed E-state index contributed by atoms with van der Waals surface area (Å²) < 4.78 is 4.89. The van der Waals surface area contributed by atoms with E-state index in [9.17, 15) is 9.59 Å². The van der Waals surface area contributed by atoms with Crippen molar-refractivity contribution in [3.63, 3.8) is 0 Å². The predicted molar refractivity (Wildman–Crippen MR) is 51.0 cm³/mol. The second-order valence-corrected chi connectivity index (χ2v) is 3.02. The van der Waals surface area contributed by atoms with Gasteiger partial charge < -0.3 is 15.2 Å². The SMILES string of the molecule is CCC(COC)NC(=O)CCC(=O)O. The number of carbonyl (C=O) groups excluding carboxylic acids is 1. The molecule has 1 amide bonds. The highest BCUT2D eigenvalue weighted by atomic mass is 16.5. The van der Waals surface area contributed by atoms with Gasteiger partial charge in [0.2, 0.25) is 5.91 Å². The Labute approximate surface area is 83.4 Å². The Balaban J connectivity index is 3.72. The molecule has 1 unspecified atom stereocenters. The molecule has 0 rings (SSSR count). The predicted octanol–water partition coefficient (Wildman–Crippen LogP) is 0.392. The van der Waals surface area contributed by atoms with Crippen molar-refractivity contribution in [1.29, 1.82) is 0 Å². The molecule has 1 atom stereocenters. The summed E-state index contributed by atoms with van der Waals surface area (Å²) in [6.45, 7) is 2.39. The number of hydrogen-bond acceptors (Lipinski definition) is 3. The third-order valence-corrected chi connectivity index (χ3v) is 1.79. The summed E-state index contributed by atoms with van der Waals surface area (Å²) in [6.07, 6.45) is 0.664. The van der Waals surface area contributed by atoms with Crippen molar-refractivity contribution in [1.82, 2.24) is 5.32 Å². The molecule has 5 heteroatoms. The first-order chi connectivity index (χ1) is 6.60. The van der Waals surface area contributed by atoms with E-state index in [0.29, 0.717) is 6.61 Å². The molecule has 0 heterocycles. The number of aliphatic carboxylic acids is 1. The highest BCUT2D eigenvalue weighted by Crippen LogP contribution is 1.95. The number of carbonyl (C=O) groups is 2. The van der Waals surface area contributed by atoms with Crippen LogP contribution in [0.1, 0.15) is 26.2 Å². The Morgan fingerprint density at radius 3 is 2.50 bits per heavy atom. The lowest BCUT2D eigenvalue weighted by Gasteiger charge is -2.15. The standard InChI is InChI=1S/C9H17NO4/c1-3-7(6-14-2)10-8(11)4-5-9(12)13/h7H,3-6H2,1-2H3,(H,10,11)(H,12,13). The molecule has 0 saturated carbocycles. The van der Waals surface area contributed by atoms with Gasteiger partial charge in [-0.3, -0.25) is 9.59 Å². The fraction of sp³-hybridized carbons (Fsp3) is 0.778. The van der Waals surface area contributed by atoms with Crippen LogP contribution in [-0.4, -0.2) is 36.7 Å². The highest BCUT2D eigenvalue weighted by molar-refractivity contribution is 5.80. The molecule has 14 heavy (non-hydrogen) atoms. The third-order valence-electron chi connectivity index (χ3n) is 1.79. The molecule has 0 aromatic rings. The number of amides is 1. The molecule has 0 bridgehead atoms. The van der Waals surface area contributed by atoms with Crippen molar-refractivity contribution in [3.8, 4) is 0 Å². The van der Waals surface area contributed by atoms with Gasteiger partial charge in [-0.2, -0.15) is 0 Å². The van der Waals surface area contributed by atoms with E-state index in [-0.39, 0.29) is 24.8 Å². The van der Waals surface area contributed by atoms with E-state index in [2.05, 4.69) is 5.32 Å². The summed E-state index contributed by atoms with van der Waals surface area (Å²) in [5.74, 6) is -1.20. The average Bonchev–Trinajstić information content (AvgIpc) is 2.14. The summed E-state index contributed by atoms with van der Waals surface area (Å²) in [5, 5.41) is 11.0. The number of ether oxygens (including phenoxy) is 1. The van der Waals surface area contributed by atoms with Gasteiger partial charge >= 0.3 is 5.97 Å². The van der Waals surface area contributed by atoms with Crippen molar-refractivity contribution in [2.45, 2.75) is 32.2 Å². The van der Waals surface area contributed by atoms with Gasteiger partial charge in [0.05, 0.1) is 19.1 Å². The van der Waals surface area contributed by atoms with E-state index in [1.165, 1.54) is 0 Å². The molecular formula is C9H17NO4. The first-order valence-electron chi connectivity index (χ1n) is 4.60. The van der Waals surface area contributed by atoms with Crippen LogP contribution in [0.5, 0.6) is 0 Å². The molecule has 0 aliphatic heterocycles. The third kappa shape index (κ3) is 6.42. The Morgan fingerprint density at radius 2 is 2.07 bits per heavy atom. The zero-order valence-corrected chi connectivity index (χ0v) is 8.58. The minimum Gasteiger partial charge on any atom is -0.481 e. The van der Waals surface area contributed by atoms with Gasteiger partial charge in [-0.1, -0.05) is 6.92 Å². The molecule has 0 aromatic carbocycles. The van der Waals surface area contributed by atoms with Crippen LogP contribution in [0.25, 0.3) is 0 Å². The quantitative estimate of drug-likeness (QED) is 0.627. The maximum atomic E-state index is 11.2. The summed E-state index contributed by atoms with van der Waals surface area (Å²) in [7, 11) is 1.56. The first-order valence-corrected chi connectivity index (χ1v) is 4.60.